The molecule has 0 N–H and O–H groups in total. The predicted molar refractivity (Wildman–Crippen MR) is 141 cm³/mol. The number of hydrogen-bond donors (Lipinski definition) is 0. The summed E-state index contributed by atoms with van der Waals surface area (Å²) in [5.74, 6) is -2.87. The molecule has 3 aromatic rings. The Hall–Kier alpha value is -3.10. The van der Waals surface area contributed by atoms with Crippen LogP contribution in [0.15, 0.2) is 48.5 Å². The minimum atomic E-state index is -0.746. The van der Waals surface area contributed by atoms with Gasteiger partial charge < -0.3 is 9.64 Å². The molecule has 0 bridgehead atoms. The predicted octanol–water partition coefficient (Wildman–Crippen LogP) is 6.37. The van der Waals surface area contributed by atoms with Gasteiger partial charge in [0.1, 0.15) is 5.75 Å². The van der Waals surface area contributed by atoms with Gasteiger partial charge in [-0.2, -0.15) is 0 Å². The highest BCUT2D eigenvalue weighted by atomic mass is 35.5. The van der Waals surface area contributed by atoms with Crippen LogP contribution in [0, 0.1) is 12.8 Å². The molecule has 2 aliphatic rings. The summed E-state index contributed by atoms with van der Waals surface area (Å²) in [7, 11) is 0. The van der Waals surface area contributed by atoms with Gasteiger partial charge in [-0.15, -0.1) is 0 Å². The molecule has 3 amide bonds. The van der Waals surface area contributed by atoms with Gasteiger partial charge in [-0.25, -0.2) is 4.90 Å². The lowest BCUT2D eigenvalue weighted by atomic mass is 10.1. The van der Waals surface area contributed by atoms with Crippen molar-refractivity contribution in [1.82, 2.24) is 0 Å². The summed E-state index contributed by atoms with van der Waals surface area (Å²) in [6.07, 6.45) is 0.00330. The Labute approximate surface area is 231 Å². The zero-order chi connectivity index (χ0) is 26.6. The number of carbonyl (C=O) groups excluding carboxylic acids is 4. The van der Waals surface area contributed by atoms with Crippen molar-refractivity contribution in [2.75, 3.05) is 16.3 Å². The molecule has 0 radical (unpaired) electrons. The number of nitrogens with zero attached hydrogens (tertiary/aromatic N) is 2. The van der Waals surface area contributed by atoms with Gasteiger partial charge >= 0.3 is 5.97 Å². The van der Waals surface area contributed by atoms with Crippen LogP contribution in [-0.2, 0) is 9.59 Å². The van der Waals surface area contributed by atoms with Crippen LogP contribution in [0.5, 0.6) is 5.75 Å². The van der Waals surface area contributed by atoms with Crippen LogP contribution >= 0.6 is 46.4 Å². The number of carbonyl (C=O) groups is 4. The van der Waals surface area contributed by atoms with E-state index < -0.39 is 23.7 Å². The van der Waals surface area contributed by atoms with Gasteiger partial charge in [0.25, 0.3) is 11.8 Å². The van der Waals surface area contributed by atoms with E-state index in [0.29, 0.717) is 5.69 Å². The fourth-order valence-electron chi connectivity index (χ4n) is 4.31. The normalized spacial score (nSPS) is 17.0. The molecule has 37 heavy (non-hydrogen) atoms. The number of rotatable bonds is 4. The molecule has 0 unspecified atom stereocenters. The van der Waals surface area contributed by atoms with Crippen LogP contribution in [0.2, 0.25) is 20.1 Å². The Morgan fingerprint density at radius 3 is 2.03 bits per heavy atom. The molecule has 0 aliphatic carbocycles. The summed E-state index contributed by atoms with van der Waals surface area (Å²) in [5, 5.41) is -0.635. The van der Waals surface area contributed by atoms with Crippen LogP contribution in [0.25, 0.3) is 0 Å². The van der Waals surface area contributed by atoms with Crippen molar-refractivity contribution in [1.29, 1.82) is 0 Å². The first-order chi connectivity index (χ1) is 17.6. The molecular weight excluding hydrogens is 562 g/mol. The summed E-state index contributed by atoms with van der Waals surface area (Å²) in [6, 6.07) is 13.3. The van der Waals surface area contributed by atoms with E-state index in [0.717, 1.165) is 10.5 Å². The molecular formula is C26H16Cl4N2O5. The van der Waals surface area contributed by atoms with Crippen LogP contribution < -0.4 is 14.5 Å². The molecule has 0 aromatic heterocycles. The standard InChI is InChI=1S/C26H16Cl4N2O5/c1-12-5-7-14(8-6-12)31-11-13(9-17(31)33)26(36)37-16-4-2-3-15(10-16)32-24(34)18-19(25(32)35)21(28)23(30)22(29)20(18)27/h2-8,10,13H,9,11H2,1H3/t13-/m1/s1. The number of anilines is 2. The third kappa shape index (κ3) is 4.36. The third-order valence-corrected chi connectivity index (χ3v) is 8.00. The highest BCUT2D eigenvalue weighted by Gasteiger charge is 2.43. The first-order valence-electron chi connectivity index (χ1n) is 11.0. The SMILES string of the molecule is Cc1ccc(N2C[C@H](C(=O)Oc3cccc(N4C(=O)c5c(Cl)c(Cl)c(Cl)c(Cl)c5C4=O)c3)CC2=O)cc1. The second-order valence-electron chi connectivity index (χ2n) is 8.61. The van der Waals surface area contributed by atoms with Crippen molar-refractivity contribution in [2.24, 2.45) is 5.92 Å². The van der Waals surface area contributed by atoms with Crippen molar-refractivity contribution in [2.45, 2.75) is 13.3 Å². The summed E-state index contributed by atoms with van der Waals surface area (Å²) >= 11 is 24.5. The third-order valence-electron chi connectivity index (χ3n) is 6.20. The summed E-state index contributed by atoms with van der Waals surface area (Å²) in [5.41, 5.74) is 1.57. The van der Waals surface area contributed by atoms with Gasteiger partial charge in [-0.3, -0.25) is 19.2 Å². The first-order valence-corrected chi connectivity index (χ1v) is 12.5. The largest absolute Gasteiger partial charge is 0.426 e. The van der Waals surface area contributed by atoms with Gasteiger partial charge in [0.2, 0.25) is 5.91 Å². The second kappa shape index (κ2) is 9.65. The van der Waals surface area contributed by atoms with E-state index in [2.05, 4.69) is 0 Å². The Bertz CT molecular complexity index is 1460. The maximum Gasteiger partial charge on any atom is 0.316 e. The number of amides is 3. The minimum absolute atomic E-state index is 0.00330. The van der Waals surface area contributed by atoms with E-state index >= 15 is 0 Å². The Kier molecular flexibility index (Phi) is 6.66. The average molecular weight is 578 g/mol. The van der Waals surface area contributed by atoms with Crippen molar-refractivity contribution < 1.29 is 23.9 Å². The summed E-state index contributed by atoms with van der Waals surface area (Å²) < 4.78 is 5.52. The van der Waals surface area contributed by atoms with Crippen molar-refractivity contribution in [3.8, 4) is 5.75 Å². The molecule has 0 saturated carbocycles. The molecule has 7 nitrogen and oxygen atoms in total. The Morgan fingerprint density at radius 1 is 0.838 bits per heavy atom. The van der Waals surface area contributed by atoms with E-state index in [1.165, 1.54) is 24.3 Å². The lowest BCUT2D eigenvalue weighted by molar-refractivity contribution is -0.139. The van der Waals surface area contributed by atoms with E-state index in [9.17, 15) is 19.2 Å². The summed E-state index contributed by atoms with van der Waals surface area (Å²) in [4.78, 5) is 54.1. The number of ether oxygens (including phenoxy) is 1. The zero-order valence-electron chi connectivity index (χ0n) is 19.1. The smallest absolute Gasteiger partial charge is 0.316 e. The Morgan fingerprint density at radius 2 is 1.43 bits per heavy atom. The maximum absolute atomic E-state index is 13.1. The second-order valence-corrected chi connectivity index (χ2v) is 10.1. The fourth-order valence-corrected chi connectivity index (χ4v) is 5.32. The molecule has 3 aromatic carbocycles. The lowest BCUT2D eigenvalue weighted by Gasteiger charge is -2.17. The van der Waals surface area contributed by atoms with Crippen LogP contribution in [-0.4, -0.2) is 30.2 Å². The molecule has 1 atom stereocenters. The number of halogens is 4. The lowest BCUT2D eigenvalue weighted by Crippen LogP contribution is -2.29. The molecule has 11 heteroatoms. The zero-order valence-corrected chi connectivity index (χ0v) is 22.1. The van der Waals surface area contributed by atoms with Crippen molar-refractivity contribution in [3.63, 3.8) is 0 Å². The van der Waals surface area contributed by atoms with Crippen LogP contribution in [0.1, 0.15) is 32.7 Å². The number of fused-ring (bicyclic) bond motifs is 1. The van der Waals surface area contributed by atoms with Gasteiger partial charge in [0.15, 0.2) is 0 Å². The van der Waals surface area contributed by atoms with E-state index in [4.69, 9.17) is 51.1 Å². The first kappa shape index (κ1) is 25.5. The van der Waals surface area contributed by atoms with Crippen LogP contribution in [0.4, 0.5) is 11.4 Å². The molecule has 188 valence electrons. The highest BCUT2D eigenvalue weighted by molar-refractivity contribution is 6.56. The van der Waals surface area contributed by atoms with Crippen LogP contribution in [0.3, 0.4) is 0 Å². The number of hydrogen-bond acceptors (Lipinski definition) is 5. The molecule has 2 heterocycles. The van der Waals surface area contributed by atoms with Crippen molar-refractivity contribution >= 4 is 81.5 Å². The topological polar surface area (TPSA) is 84.0 Å². The molecule has 5 rings (SSSR count). The van der Waals surface area contributed by atoms with E-state index in [1.54, 1.807) is 4.90 Å². The molecule has 1 saturated heterocycles. The quantitative estimate of drug-likeness (QED) is 0.118. The maximum atomic E-state index is 13.1. The van der Waals surface area contributed by atoms with Crippen molar-refractivity contribution in [3.05, 3.63) is 85.3 Å². The molecule has 2 aliphatic heterocycles. The highest BCUT2D eigenvalue weighted by Crippen LogP contribution is 2.46. The average Bonchev–Trinajstić information content (AvgIpc) is 3.39. The number of esters is 1. The van der Waals surface area contributed by atoms with Gasteiger partial charge in [0.05, 0.1) is 42.8 Å². The van der Waals surface area contributed by atoms with Gasteiger partial charge in [-0.05, 0) is 31.2 Å². The number of imide groups is 1. The van der Waals surface area contributed by atoms with E-state index in [-0.39, 0.29) is 61.5 Å². The van der Waals surface area contributed by atoms with Gasteiger partial charge in [0, 0.05) is 24.7 Å². The monoisotopic (exact) mass is 576 g/mol. The fraction of sp³-hybridized carbons (Fsp3) is 0.154. The number of aryl methyl sites for hydroxylation is 1. The van der Waals surface area contributed by atoms with E-state index in [1.807, 2.05) is 31.2 Å². The minimum Gasteiger partial charge on any atom is -0.426 e. The van der Waals surface area contributed by atoms with Gasteiger partial charge in [-0.1, -0.05) is 70.2 Å². The summed E-state index contributed by atoms with van der Waals surface area (Å²) in [6.45, 7) is 2.12. The number of benzene rings is 3. The molecule has 1 fully saturated rings. The molecule has 0 spiro atoms. The Balaban J connectivity index is 1.36.